The summed E-state index contributed by atoms with van der Waals surface area (Å²) in [4.78, 5) is 13.5. The molecular weight excluding hydrogens is 295 g/mol. The van der Waals surface area contributed by atoms with Gasteiger partial charge in [-0.2, -0.15) is 0 Å². The summed E-state index contributed by atoms with van der Waals surface area (Å²) in [5.74, 6) is -0.313. The number of aromatic amines is 1. The number of aromatic nitrogens is 1. The summed E-state index contributed by atoms with van der Waals surface area (Å²) in [6.45, 7) is 1.04. The molecule has 0 aliphatic heterocycles. The molecule has 0 aliphatic carbocycles. The van der Waals surface area contributed by atoms with Crippen LogP contribution in [-0.4, -0.2) is 29.3 Å². The summed E-state index contributed by atoms with van der Waals surface area (Å²) in [7, 11) is 0. The molecule has 1 atom stereocenters. The number of ether oxygens (including phenoxy) is 1. The summed E-state index contributed by atoms with van der Waals surface area (Å²) < 4.78 is 18.6. The Labute approximate surface area is 125 Å². The van der Waals surface area contributed by atoms with Crippen LogP contribution in [0, 0.1) is 5.82 Å². The van der Waals surface area contributed by atoms with Crippen molar-refractivity contribution in [2.45, 2.75) is 19.3 Å². The predicted octanol–water partition coefficient (Wildman–Crippen LogP) is 1.24. The maximum atomic E-state index is 13.3. The van der Waals surface area contributed by atoms with E-state index in [1.165, 1.54) is 6.07 Å². The Bertz CT molecular complexity index is 614. The summed E-state index contributed by atoms with van der Waals surface area (Å²) >= 11 is 1.10. The lowest BCUT2D eigenvalue weighted by Crippen LogP contribution is -2.30. The Balaban J connectivity index is 1.62. The molecule has 114 valence electrons. The van der Waals surface area contributed by atoms with Crippen LogP contribution in [0.25, 0.3) is 0 Å². The minimum Gasteiger partial charge on any atom is -0.389 e. The zero-order valence-electron chi connectivity index (χ0n) is 11.3. The van der Waals surface area contributed by atoms with Crippen LogP contribution in [0.1, 0.15) is 11.3 Å². The Morgan fingerprint density at radius 1 is 1.43 bits per heavy atom. The van der Waals surface area contributed by atoms with Crippen molar-refractivity contribution in [3.05, 3.63) is 56.4 Å². The van der Waals surface area contributed by atoms with Crippen molar-refractivity contribution in [3.8, 4) is 0 Å². The number of hydrogen-bond acceptors (Lipinski definition) is 5. The van der Waals surface area contributed by atoms with Gasteiger partial charge in [0.2, 0.25) is 0 Å². The number of aliphatic hydroxyl groups excluding tert-OH is 1. The second-order valence-corrected chi connectivity index (χ2v) is 5.41. The summed E-state index contributed by atoms with van der Waals surface area (Å²) in [5.41, 5.74) is 1.25. The Morgan fingerprint density at radius 3 is 2.95 bits per heavy atom. The fraction of sp³-hybridized carbons (Fsp3) is 0.357. The Kier molecular flexibility index (Phi) is 6.06. The minimum absolute atomic E-state index is 0.0967. The first-order chi connectivity index (χ1) is 10.1. The van der Waals surface area contributed by atoms with E-state index in [9.17, 15) is 14.3 Å². The van der Waals surface area contributed by atoms with Gasteiger partial charge in [-0.15, -0.1) is 0 Å². The number of aliphatic hydroxyl groups is 1. The second-order valence-electron chi connectivity index (χ2n) is 4.56. The van der Waals surface area contributed by atoms with E-state index >= 15 is 0 Å². The van der Waals surface area contributed by atoms with E-state index < -0.39 is 6.10 Å². The average Bonchev–Trinajstić information content (AvgIpc) is 2.87. The van der Waals surface area contributed by atoms with Crippen LogP contribution < -0.4 is 10.2 Å². The fourth-order valence-electron chi connectivity index (χ4n) is 1.75. The van der Waals surface area contributed by atoms with Gasteiger partial charge in [-0.3, -0.25) is 4.79 Å². The minimum atomic E-state index is -0.692. The van der Waals surface area contributed by atoms with Gasteiger partial charge >= 0.3 is 4.87 Å². The van der Waals surface area contributed by atoms with Crippen LogP contribution in [0.15, 0.2) is 34.4 Å². The molecule has 0 saturated heterocycles. The topological polar surface area (TPSA) is 74.4 Å². The molecule has 0 spiro atoms. The smallest absolute Gasteiger partial charge is 0.304 e. The first kappa shape index (κ1) is 15.8. The monoisotopic (exact) mass is 312 g/mol. The van der Waals surface area contributed by atoms with Crippen molar-refractivity contribution in [2.75, 3.05) is 13.2 Å². The summed E-state index contributed by atoms with van der Waals surface area (Å²) in [6.07, 6.45) is -0.692. The zero-order chi connectivity index (χ0) is 15.1. The molecule has 7 heteroatoms. The molecule has 0 fully saturated rings. The van der Waals surface area contributed by atoms with Crippen molar-refractivity contribution in [1.82, 2.24) is 10.3 Å². The van der Waals surface area contributed by atoms with Crippen LogP contribution in [0.4, 0.5) is 4.39 Å². The third-order valence-electron chi connectivity index (χ3n) is 2.79. The molecule has 2 aromatic rings. The molecule has 0 amide bonds. The molecule has 21 heavy (non-hydrogen) atoms. The highest BCUT2D eigenvalue weighted by Crippen LogP contribution is 2.07. The lowest BCUT2D eigenvalue weighted by atomic mass is 10.2. The van der Waals surface area contributed by atoms with Gasteiger partial charge < -0.3 is 20.1 Å². The number of thiazole rings is 1. The van der Waals surface area contributed by atoms with E-state index in [-0.39, 0.29) is 23.9 Å². The molecule has 5 nitrogen and oxygen atoms in total. The highest BCUT2D eigenvalue weighted by atomic mass is 32.1. The van der Waals surface area contributed by atoms with E-state index in [4.69, 9.17) is 4.74 Å². The number of benzene rings is 1. The molecule has 2 rings (SSSR count). The van der Waals surface area contributed by atoms with Gasteiger partial charge in [-0.25, -0.2) is 4.39 Å². The van der Waals surface area contributed by atoms with Crippen LogP contribution in [-0.2, 0) is 17.9 Å². The molecular formula is C14H17FN2O3S. The van der Waals surface area contributed by atoms with Crippen LogP contribution in [0.5, 0.6) is 0 Å². The van der Waals surface area contributed by atoms with Gasteiger partial charge in [0.15, 0.2) is 0 Å². The van der Waals surface area contributed by atoms with Crippen molar-refractivity contribution in [3.63, 3.8) is 0 Å². The molecule has 1 aromatic heterocycles. The normalized spacial score (nSPS) is 12.5. The third kappa shape index (κ3) is 5.39. The standard InChI is InChI=1S/C14H17FN2O3S/c15-13-4-2-1-3-10(13)7-20-8-12(18)6-16-5-11-9-21-14(19)17-11/h1-4,9,12,16,18H,5-8H2,(H,17,19). The third-order valence-corrected chi connectivity index (χ3v) is 3.51. The number of rotatable bonds is 8. The quantitative estimate of drug-likeness (QED) is 0.686. The fourth-order valence-corrected chi connectivity index (χ4v) is 2.33. The highest BCUT2D eigenvalue weighted by molar-refractivity contribution is 7.07. The van der Waals surface area contributed by atoms with Gasteiger partial charge in [-0.1, -0.05) is 29.5 Å². The molecule has 1 aromatic carbocycles. The van der Waals surface area contributed by atoms with Crippen molar-refractivity contribution < 1.29 is 14.2 Å². The maximum absolute atomic E-state index is 13.3. The van der Waals surface area contributed by atoms with Crippen LogP contribution in [0.2, 0.25) is 0 Å². The first-order valence-corrected chi connectivity index (χ1v) is 7.39. The number of hydrogen-bond donors (Lipinski definition) is 3. The van der Waals surface area contributed by atoms with Gasteiger partial charge in [0.1, 0.15) is 5.82 Å². The van der Waals surface area contributed by atoms with Gasteiger partial charge in [0.25, 0.3) is 0 Å². The highest BCUT2D eigenvalue weighted by Gasteiger charge is 2.06. The molecule has 1 unspecified atom stereocenters. The first-order valence-electron chi connectivity index (χ1n) is 6.52. The van der Waals surface area contributed by atoms with E-state index in [2.05, 4.69) is 10.3 Å². The zero-order valence-corrected chi connectivity index (χ0v) is 12.2. The van der Waals surface area contributed by atoms with Gasteiger partial charge in [0, 0.05) is 29.7 Å². The number of nitrogens with one attached hydrogen (secondary N) is 2. The van der Waals surface area contributed by atoms with E-state index in [1.54, 1.807) is 23.6 Å². The lowest BCUT2D eigenvalue weighted by Gasteiger charge is -2.12. The summed E-state index contributed by atoms with van der Waals surface area (Å²) in [6, 6.07) is 6.37. The average molecular weight is 312 g/mol. The van der Waals surface area contributed by atoms with Crippen LogP contribution in [0.3, 0.4) is 0 Å². The van der Waals surface area contributed by atoms with Gasteiger partial charge in [-0.05, 0) is 6.07 Å². The number of halogens is 1. The molecule has 1 heterocycles. The molecule has 0 aliphatic rings. The molecule has 0 bridgehead atoms. The van der Waals surface area contributed by atoms with Crippen molar-refractivity contribution in [2.24, 2.45) is 0 Å². The summed E-state index contributed by atoms with van der Waals surface area (Å²) in [5, 5.41) is 14.5. The maximum Gasteiger partial charge on any atom is 0.304 e. The number of H-pyrrole nitrogens is 1. The predicted molar refractivity (Wildman–Crippen MR) is 78.7 cm³/mol. The lowest BCUT2D eigenvalue weighted by molar-refractivity contribution is 0.0277. The van der Waals surface area contributed by atoms with E-state index in [1.807, 2.05) is 0 Å². The molecule has 0 radical (unpaired) electrons. The SMILES string of the molecule is O=c1[nH]c(CNCC(O)COCc2ccccc2F)cs1. The molecule has 0 saturated carbocycles. The Morgan fingerprint density at radius 2 is 2.24 bits per heavy atom. The van der Waals surface area contributed by atoms with Crippen molar-refractivity contribution >= 4 is 11.3 Å². The van der Waals surface area contributed by atoms with Crippen LogP contribution >= 0.6 is 11.3 Å². The van der Waals surface area contributed by atoms with Crippen molar-refractivity contribution in [1.29, 1.82) is 0 Å². The largest absolute Gasteiger partial charge is 0.389 e. The van der Waals surface area contributed by atoms with E-state index in [0.29, 0.717) is 18.7 Å². The Hall–Kier alpha value is -1.54. The van der Waals surface area contributed by atoms with Gasteiger partial charge in [0.05, 0.1) is 19.3 Å². The molecule has 3 N–H and O–H groups in total. The second kappa shape index (κ2) is 8.04. The van der Waals surface area contributed by atoms with E-state index in [0.717, 1.165) is 17.0 Å².